The van der Waals surface area contributed by atoms with E-state index in [1.807, 2.05) is 5.70 Å². The molecule has 0 aliphatic heterocycles. The van der Waals surface area contributed by atoms with Crippen LogP contribution >= 0.6 is 0 Å². The van der Waals surface area contributed by atoms with Gasteiger partial charge in [0.25, 0.3) is 0 Å². The van der Waals surface area contributed by atoms with Crippen LogP contribution in [-0.4, -0.2) is 21.3 Å². The van der Waals surface area contributed by atoms with E-state index in [4.69, 9.17) is 8.85 Å². The summed E-state index contributed by atoms with van der Waals surface area (Å²) in [5.74, 6) is 0. The molecule has 0 aromatic carbocycles. The Bertz CT molecular complexity index is 348. The predicted octanol–water partition coefficient (Wildman–Crippen LogP) is 9.27. The summed E-state index contributed by atoms with van der Waals surface area (Å²) in [6.45, 7) is 13.7. The van der Waals surface area contributed by atoms with Crippen molar-refractivity contribution in [2.45, 2.75) is 149 Å². The lowest BCUT2D eigenvalue weighted by Crippen LogP contribution is -2.40. The van der Waals surface area contributed by atoms with Crippen LogP contribution in [0.1, 0.15) is 136 Å². The minimum absolute atomic E-state index is 0.285. The zero-order valence-electron chi connectivity index (χ0n) is 20.6. The Labute approximate surface area is 185 Å². The average molecular weight is 427 g/mol. The first-order chi connectivity index (χ1) is 14.1. The first-order valence-electron chi connectivity index (χ1n) is 13.0. The van der Waals surface area contributed by atoms with E-state index in [0.29, 0.717) is 0 Å². The highest BCUT2D eigenvalue weighted by Gasteiger charge is 2.29. The first-order valence-corrected chi connectivity index (χ1v) is 15.4. The molecule has 0 aromatic heterocycles. The third-order valence-corrected chi connectivity index (χ3v) is 8.30. The van der Waals surface area contributed by atoms with Gasteiger partial charge in [-0.15, -0.1) is 6.58 Å². The second-order valence-corrected chi connectivity index (χ2v) is 12.1. The van der Waals surface area contributed by atoms with Crippen molar-refractivity contribution in [1.82, 2.24) is 0 Å². The fourth-order valence-electron chi connectivity index (χ4n) is 3.85. The molecule has 0 aromatic rings. The van der Waals surface area contributed by atoms with Gasteiger partial charge in [-0.05, 0) is 32.0 Å². The van der Waals surface area contributed by atoms with E-state index in [1.54, 1.807) is 0 Å². The molecular weight excluding hydrogens is 372 g/mol. The van der Waals surface area contributed by atoms with Gasteiger partial charge < -0.3 is 8.85 Å². The second kappa shape index (κ2) is 21.1. The first kappa shape index (κ1) is 28.9. The Morgan fingerprint density at radius 1 is 0.690 bits per heavy atom. The van der Waals surface area contributed by atoms with Gasteiger partial charge in [-0.3, -0.25) is 0 Å². The molecule has 0 radical (unpaired) electrons. The summed E-state index contributed by atoms with van der Waals surface area (Å²) in [6, 6.07) is 0. The summed E-state index contributed by atoms with van der Waals surface area (Å²) in [4.78, 5) is 0. The maximum Gasteiger partial charge on any atom is 0.361 e. The normalized spacial score (nSPS) is 14.6. The third-order valence-electron chi connectivity index (χ3n) is 5.91. The molecule has 0 aliphatic rings. The molecule has 2 unspecified atom stereocenters. The highest BCUT2D eigenvalue weighted by atomic mass is 28.4. The summed E-state index contributed by atoms with van der Waals surface area (Å²) in [5.41, 5.74) is 1.96. The fraction of sp³-hybridized carbons (Fsp3) is 0.923. The molecule has 3 heteroatoms. The molecule has 0 saturated heterocycles. The topological polar surface area (TPSA) is 18.5 Å². The fourth-order valence-corrected chi connectivity index (χ4v) is 5.60. The van der Waals surface area contributed by atoms with E-state index in [9.17, 15) is 0 Å². The molecule has 0 N–H and O–H groups in total. The number of hydrogen-bond donors (Lipinski definition) is 0. The minimum atomic E-state index is -2.19. The molecule has 0 fully saturated rings. The quantitative estimate of drug-likeness (QED) is 0.120. The maximum atomic E-state index is 6.28. The van der Waals surface area contributed by atoms with Crippen molar-refractivity contribution in [3.8, 4) is 0 Å². The van der Waals surface area contributed by atoms with Gasteiger partial charge in [-0.25, -0.2) is 0 Å². The highest BCUT2D eigenvalue weighted by molar-refractivity contribution is 6.71. The van der Waals surface area contributed by atoms with Crippen molar-refractivity contribution in [2.24, 2.45) is 0 Å². The summed E-state index contributed by atoms with van der Waals surface area (Å²) in [7, 11) is -2.19. The van der Waals surface area contributed by atoms with E-state index in [1.165, 1.54) is 103 Å². The minimum Gasteiger partial charge on any atom is -0.391 e. The Morgan fingerprint density at radius 3 is 1.55 bits per heavy atom. The van der Waals surface area contributed by atoms with E-state index in [-0.39, 0.29) is 6.10 Å². The van der Waals surface area contributed by atoms with E-state index in [2.05, 4.69) is 33.9 Å². The smallest absolute Gasteiger partial charge is 0.361 e. The van der Waals surface area contributed by atoms with Crippen LogP contribution in [0.4, 0.5) is 0 Å². The molecule has 0 heterocycles. The predicted molar refractivity (Wildman–Crippen MR) is 133 cm³/mol. The van der Waals surface area contributed by atoms with Gasteiger partial charge in [0.05, 0.1) is 0 Å². The standard InChI is InChI=1S/C26H54O2Si/c1-6-9-11-13-14-15-16-17-18-19-20-21-23-25-27-29(5,8-3)28-26(4)24-22-12-10-7-2/h8,26H,3,6-7,9-25H2,1-2,4-5H3. The summed E-state index contributed by atoms with van der Waals surface area (Å²) >= 11 is 0. The lowest BCUT2D eigenvalue weighted by Gasteiger charge is -2.27. The molecule has 0 aliphatic carbocycles. The number of unbranched alkanes of at least 4 members (excludes halogenated alkanes) is 15. The van der Waals surface area contributed by atoms with Gasteiger partial charge in [0.2, 0.25) is 0 Å². The lowest BCUT2D eigenvalue weighted by molar-refractivity contribution is 0.126. The Kier molecular flexibility index (Phi) is 21.0. The summed E-state index contributed by atoms with van der Waals surface area (Å²) < 4.78 is 12.5. The van der Waals surface area contributed by atoms with Crippen molar-refractivity contribution >= 4 is 8.56 Å². The lowest BCUT2D eigenvalue weighted by atomic mass is 10.0. The van der Waals surface area contributed by atoms with E-state index in [0.717, 1.165) is 19.4 Å². The molecule has 2 nitrogen and oxygen atoms in total. The van der Waals surface area contributed by atoms with Crippen molar-refractivity contribution in [3.63, 3.8) is 0 Å². The van der Waals surface area contributed by atoms with Crippen molar-refractivity contribution in [3.05, 3.63) is 12.3 Å². The Morgan fingerprint density at radius 2 is 1.10 bits per heavy atom. The molecule has 0 saturated carbocycles. The van der Waals surface area contributed by atoms with Crippen LogP contribution in [0.15, 0.2) is 12.3 Å². The van der Waals surface area contributed by atoms with Crippen molar-refractivity contribution in [1.29, 1.82) is 0 Å². The van der Waals surface area contributed by atoms with Crippen molar-refractivity contribution < 1.29 is 8.85 Å². The zero-order chi connectivity index (χ0) is 21.6. The maximum absolute atomic E-state index is 6.28. The summed E-state index contributed by atoms with van der Waals surface area (Å²) in [5, 5.41) is 0. The molecule has 2 atom stereocenters. The van der Waals surface area contributed by atoms with Gasteiger partial charge in [0, 0.05) is 12.7 Å². The van der Waals surface area contributed by atoms with Crippen molar-refractivity contribution in [2.75, 3.05) is 6.61 Å². The summed E-state index contributed by atoms with van der Waals surface area (Å²) in [6.07, 6.45) is 24.6. The van der Waals surface area contributed by atoms with E-state index < -0.39 is 8.56 Å². The Hall–Kier alpha value is -0.123. The zero-order valence-corrected chi connectivity index (χ0v) is 21.6. The molecular formula is C26H54O2Si. The van der Waals surface area contributed by atoms with Gasteiger partial charge in [-0.2, -0.15) is 0 Å². The second-order valence-electron chi connectivity index (χ2n) is 9.09. The Balaban J connectivity index is 3.55. The number of rotatable bonds is 23. The van der Waals surface area contributed by atoms with E-state index >= 15 is 0 Å². The van der Waals surface area contributed by atoms with Crippen LogP contribution in [0.2, 0.25) is 6.55 Å². The van der Waals surface area contributed by atoms with Crippen LogP contribution < -0.4 is 0 Å². The highest BCUT2D eigenvalue weighted by Crippen LogP contribution is 2.17. The van der Waals surface area contributed by atoms with Gasteiger partial charge in [0.15, 0.2) is 0 Å². The number of hydrogen-bond acceptors (Lipinski definition) is 2. The largest absolute Gasteiger partial charge is 0.391 e. The van der Waals surface area contributed by atoms with Crippen LogP contribution in [0.5, 0.6) is 0 Å². The molecule has 0 rings (SSSR count). The monoisotopic (exact) mass is 426 g/mol. The van der Waals surface area contributed by atoms with Gasteiger partial charge in [-0.1, -0.05) is 117 Å². The average Bonchev–Trinajstić information content (AvgIpc) is 2.71. The molecule has 0 bridgehead atoms. The molecule has 29 heavy (non-hydrogen) atoms. The molecule has 0 amide bonds. The van der Waals surface area contributed by atoms with Crippen LogP contribution in [0.3, 0.4) is 0 Å². The molecule has 0 spiro atoms. The van der Waals surface area contributed by atoms with Crippen LogP contribution in [0.25, 0.3) is 0 Å². The van der Waals surface area contributed by atoms with Crippen LogP contribution in [-0.2, 0) is 8.85 Å². The SMILES string of the molecule is C=C[Si](C)(OCCCCCCCCCCCCCCC)OC(C)CCCCCC. The van der Waals surface area contributed by atoms with Gasteiger partial charge in [0.1, 0.15) is 0 Å². The van der Waals surface area contributed by atoms with Crippen LogP contribution in [0, 0.1) is 0 Å². The third kappa shape index (κ3) is 19.6. The molecule has 174 valence electrons. The van der Waals surface area contributed by atoms with Gasteiger partial charge >= 0.3 is 8.56 Å².